The van der Waals surface area contributed by atoms with Crippen LogP contribution in [0.15, 0.2) is 0 Å². The number of alkyl halides is 1. The lowest BCUT2D eigenvalue weighted by Gasteiger charge is -2.04. The molecule has 0 aromatic heterocycles. The van der Waals surface area contributed by atoms with Crippen molar-refractivity contribution in [3.8, 4) is 12.3 Å². The predicted molar refractivity (Wildman–Crippen MR) is 47.2 cm³/mol. The Labute approximate surface area is 69.0 Å². The molecular weight excluding hydrogens is 144 g/mol. The summed E-state index contributed by atoms with van der Waals surface area (Å²) in [6.07, 6.45) is 9.60. The topological polar surface area (TPSA) is 0 Å². The van der Waals surface area contributed by atoms with Gasteiger partial charge in [0.05, 0.1) is 0 Å². The van der Waals surface area contributed by atoms with E-state index in [-0.39, 0.29) is 0 Å². The van der Waals surface area contributed by atoms with Crippen LogP contribution in [0.1, 0.15) is 32.6 Å². The highest BCUT2D eigenvalue weighted by atomic mass is 35.5. The minimum atomic E-state index is 0.652. The first kappa shape index (κ1) is 9.85. The molecule has 0 aliphatic heterocycles. The molecule has 0 fully saturated rings. The monoisotopic (exact) mass is 158 g/mol. The summed E-state index contributed by atoms with van der Waals surface area (Å²) in [7, 11) is 0. The Hall–Kier alpha value is -0.150. The van der Waals surface area contributed by atoms with Crippen molar-refractivity contribution in [1.82, 2.24) is 0 Å². The Morgan fingerprint density at radius 2 is 2.20 bits per heavy atom. The maximum absolute atomic E-state index is 5.62. The van der Waals surface area contributed by atoms with E-state index in [4.69, 9.17) is 18.0 Å². The van der Waals surface area contributed by atoms with Crippen LogP contribution in [0.2, 0.25) is 0 Å². The summed E-state index contributed by atoms with van der Waals surface area (Å²) < 4.78 is 0. The van der Waals surface area contributed by atoms with E-state index in [2.05, 4.69) is 12.8 Å². The van der Waals surface area contributed by atoms with Crippen LogP contribution in [-0.2, 0) is 0 Å². The number of terminal acetylenes is 1. The van der Waals surface area contributed by atoms with Gasteiger partial charge >= 0.3 is 0 Å². The lowest BCUT2D eigenvalue weighted by molar-refractivity contribution is 0.547. The second-order valence-electron chi connectivity index (χ2n) is 2.71. The van der Waals surface area contributed by atoms with Crippen LogP contribution in [0.25, 0.3) is 0 Å². The van der Waals surface area contributed by atoms with Crippen molar-refractivity contribution in [2.75, 3.05) is 5.88 Å². The molecule has 0 nitrogen and oxygen atoms in total. The van der Waals surface area contributed by atoms with Crippen molar-refractivity contribution in [3.63, 3.8) is 0 Å². The largest absolute Gasteiger partial charge is 0.126 e. The van der Waals surface area contributed by atoms with Crippen LogP contribution in [-0.4, -0.2) is 5.88 Å². The fourth-order valence-corrected chi connectivity index (χ4v) is 0.951. The molecule has 0 aliphatic rings. The van der Waals surface area contributed by atoms with Crippen molar-refractivity contribution in [2.24, 2.45) is 5.92 Å². The quantitative estimate of drug-likeness (QED) is 0.328. The molecule has 10 heavy (non-hydrogen) atoms. The number of hydrogen-bond donors (Lipinski definition) is 0. The van der Waals surface area contributed by atoms with E-state index >= 15 is 0 Å². The predicted octanol–water partition coefficient (Wildman–Crippen LogP) is 3.05. The van der Waals surface area contributed by atoms with Crippen LogP contribution in [0.5, 0.6) is 0 Å². The zero-order valence-electron chi connectivity index (χ0n) is 6.57. The van der Waals surface area contributed by atoms with Crippen LogP contribution in [0, 0.1) is 18.3 Å². The molecule has 0 aromatic rings. The summed E-state index contributed by atoms with van der Waals surface area (Å²) in [5.74, 6) is 4.05. The van der Waals surface area contributed by atoms with Gasteiger partial charge in [0.1, 0.15) is 0 Å². The third-order valence-electron chi connectivity index (χ3n) is 1.53. The van der Waals surface area contributed by atoms with Gasteiger partial charge in [0.15, 0.2) is 0 Å². The normalized spacial score (nSPS) is 12.5. The zero-order chi connectivity index (χ0) is 7.82. The van der Waals surface area contributed by atoms with Gasteiger partial charge in [0.2, 0.25) is 0 Å². The Morgan fingerprint density at radius 3 is 2.70 bits per heavy atom. The first-order valence-electron chi connectivity index (χ1n) is 3.80. The molecule has 1 unspecified atom stereocenters. The Kier molecular flexibility index (Phi) is 6.86. The Balaban J connectivity index is 2.98. The maximum atomic E-state index is 5.62. The standard InChI is InChI=1S/C9H15Cl/c1-3-4-5-6-7-9(2)8-10/h1,9H,4-8H2,2H3. The van der Waals surface area contributed by atoms with Crippen molar-refractivity contribution in [1.29, 1.82) is 0 Å². The van der Waals surface area contributed by atoms with Gasteiger partial charge in [-0.05, 0) is 18.8 Å². The first-order chi connectivity index (χ1) is 4.81. The van der Waals surface area contributed by atoms with E-state index < -0.39 is 0 Å². The van der Waals surface area contributed by atoms with Gasteiger partial charge in [-0.15, -0.1) is 23.9 Å². The van der Waals surface area contributed by atoms with E-state index in [0.29, 0.717) is 5.92 Å². The van der Waals surface area contributed by atoms with E-state index in [9.17, 15) is 0 Å². The van der Waals surface area contributed by atoms with Crippen molar-refractivity contribution >= 4 is 11.6 Å². The summed E-state index contributed by atoms with van der Waals surface area (Å²) >= 11 is 5.62. The minimum Gasteiger partial charge on any atom is -0.126 e. The Morgan fingerprint density at radius 1 is 1.50 bits per heavy atom. The molecule has 0 aliphatic carbocycles. The maximum Gasteiger partial charge on any atom is 0.0249 e. The minimum absolute atomic E-state index is 0.652. The molecule has 1 atom stereocenters. The molecule has 0 spiro atoms. The summed E-state index contributed by atoms with van der Waals surface area (Å²) in [6.45, 7) is 2.17. The SMILES string of the molecule is C#CCCCCC(C)CCl. The highest BCUT2D eigenvalue weighted by Gasteiger charge is 1.97. The van der Waals surface area contributed by atoms with Gasteiger partial charge in [0, 0.05) is 12.3 Å². The Bertz CT molecular complexity index is 102. The molecule has 58 valence electrons. The second kappa shape index (κ2) is 6.96. The van der Waals surface area contributed by atoms with Gasteiger partial charge in [-0.3, -0.25) is 0 Å². The number of halogens is 1. The smallest absolute Gasteiger partial charge is 0.0249 e. The van der Waals surface area contributed by atoms with Crippen molar-refractivity contribution in [2.45, 2.75) is 32.6 Å². The number of hydrogen-bond acceptors (Lipinski definition) is 0. The van der Waals surface area contributed by atoms with Gasteiger partial charge in [-0.2, -0.15) is 0 Å². The summed E-state index contributed by atoms with van der Waals surface area (Å²) in [5.41, 5.74) is 0. The molecule has 0 heterocycles. The fraction of sp³-hybridized carbons (Fsp3) is 0.778. The number of rotatable bonds is 5. The van der Waals surface area contributed by atoms with E-state index in [1.54, 1.807) is 0 Å². The summed E-state index contributed by atoms with van der Waals surface area (Å²) in [4.78, 5) is 0. The molecule has 0 amide bonds. The second-order valence-corrected chi connectivity index (χ2v) is 3.02. The highest BCUT2D eigenvalue weighted by molar-refractivity contribution is 6.18. The third-order valence-corrected chi connectivity index (χ3v) is 2.06. The molecule has 0 saturated carbocycles. The highest BCUT2D eigenvalue weighted by Crippen LogP contribution is 2.09. The average Bonchev–Trinajstić information content (AvgIpc) is 1.98. The van der Waals surface area contributed by atoms with E-state index in [1.165, 1.54) is 12.8 Å². The molecule has 0 rings (SSSR count). The molecule has 0 radical (unpaired) electrons. The third kappa shape index (κ3) is 5.98. The van der Waals surface area contributed by atoms with Crippen LogP contribution in [0.4, 0.5) is 0 Å². The van der Waals surface area contributed by atoms with E-state index in [1.807, 2.05) is 0 Å². The average molecular weight is 159 g/mol. The fourth-order valence-electron chi connectivity index (χ4n) is 0.797. The van der Waals surface area contributed by atoms with Crippen molar-refractivity contribution in [3.05, 3.63) is 0 Å². The molecule has 0 bridgehead atoms. The summed E-state index contributed by atoms with van der Waals surface area (Å²) in [5, 5.41) is 0. The zero-order valence-corrected chi connectivity index (χ0v) is 7.32. The molecular formula is C9H15Cl. The first-order valence-corrected chi connectivity index (χ1v) is 4.34. The number of unbranched alkanes of at least 4 members (excludes halogenated alkanes) is 2. The molecule has 0 aromatic carbocycles. The molecule has 0 N–H and O–H groups in total. The molecule has 0 saturated heterocycles. The lowest BCUT2D eigenvalue weighted by atomic mass is 10.1. The molecule has 1 heteroatoms. The van der Waals surface area contributed by atoms with Gasteiger partial charge in [-0.25, -0.2) is 0 Å². The van der Waals surface area contributed by atoms with Crippen LogP contribution >= 0.6 is 11.6 Å². The van der Waals surface area contributed by atoms with E-state index in [0.717, 1.165) is 18.7 Å². The van der Waals surface area contributed by atoms with Crippen LogP contribution in [0.3, 0.4) is 0 Å². The van der Waals surface area contributed by atoms with Crippen LogP contribution < -0.4 is 0 Å². The van der Waals surface area contributed by atoms with Gasteiger partial charge in [0.25, 0.3) is 0 Å². The van der Waals surface area contributed by atoms with Gasteiger partial charge in [-0.1, -0.05) is 13.3 Å². The summed E-state index contributed by atoms with van der Waals surface area (Å²) in [6, 6.07) is 0. The van der Waals surface area contributed by atoms with Crippen molar-refractivity contribution < 1.29 is 0 Å². The van der Waals surface area contributed by atoms with Gasteiger partial charge < -0.3 is 0 Å². The lowest BCUT2D eigenvalue weighted by Crippen LogP contribution is -1.94.